The van der Waals surface area contributed by atoms with E-state index in [2.05, 4.69) is 12.2 Å². The average molecular weight is 235 g/mol. The summed E-state index contributed by atoms with van der Waals surface area (Å²) in [4.78, 5) is 0. The predicted octanol–water partition coefficient (Wildman–Crippen LogP) is 4.60. The summed E-state index contributed by atoms with van der Waals surface area (Å²) in [6.45, 7) is 2.29. The number of nitrogens with one attached hydrogen (secondary N) is 1. The first kappa shape index (κ1) is 12.4. The van der Waals surface area contributed by atoms with Crippen molar-refractivity contribution in [2.45, 2.75) is 51.5 Å². The van der Waals surface area contributed by atoms with E-state index in [0.29, 0.717) is 6.04 Å². The summed E-state index contributed by atoms with van der Waals surface area (Å²) in [5.74, 6) is 0.748. The van der Waals surface area contributed by atoms with E-state index >= 15 is 0 Å². The van der Waals surface area contributed by atoms with Gasteiger partial charge in [0.1, 0.15) is 5.82 Å². The second-order valence-electron chi connectivity index (χ2n) is 5.13. The molecule has 2 rings (SSSR count). The zero-order valence-electron chi connectivity index (χ0n) is 10.6. The van der Waals surface area contributed by atoms with Crippen molar-refractivity contribution in [1.29, 1.82) is 0 Å². The second kappa shape index (κ2) is 6.04. The number of hydrogen-bond donors (Lipinski definition) is 1. The number of benzene rings is 1. The van der Waals surface area contributed by atoms with E-state index in [0.717, 1.165) is 11.6 Å². The van der Waals surface area contributed by atoms with Gasteiger partial charge in [-0.1, -0.05) is 26.2 Å². The average Bonchev–Trinajstić information content (AvgIpc) is 2.57. The second-order valence-corrected chi connectivity index (χ2v) is 5.13. The molecule has 0 saturated heterocycles. The molecular formula is C15H22FN. The molecule has 1 aromatic rings. The van der Waals surface area contributed by atoms with Crippen LogP contribution in [0.25, 0.3) is 0 Å². The minimum Gasteiger partial charge on any atom is -0.382 e. The van der Waals surface area contributed by atoms with Gasteiger partial charge in [-0.3, -0.25) is 0 Å². The SMILES string of the molecule is CCC1CCCC(Nc2ccc(F)cc2)CC1. The van der Waals surface area contributed by atoms with E-state index in [9.17, 15) is 4.39 Å². The van der Waals surface area contributed by atoms with E-state index in [1.54, 1.807) is 0 Å². The lowest BCUT2D eigenvalue weighted by Crippen LogP contribution is -2.18. The molecule has 0 heterocycles. The summed E-state index contributed by atoms with van der Waals surface area (Å²) >= 11 is 0. The molecule has 1 N–H and O–H groups in total. The molecule has 0 amide bonds. The van der Waals surface area contributed by atoms with Crippen molar-refractivity contribution in [2.75, 3.05) is 5.32 Å². The molecule has 2 unspecified atom stereocenters. The third-order valence-corrected chi connectivity index (χ3v) is 3.88. The molecule has 0 spiro atoms. The highest BCUT2D eigenvalue weighted by atomic mass is 19.1. The van der Waals surface area contributed by atoms with Crippen LogP contribution < -0.4 is 5.32 Å². The van der Waals surface area contributed by atoms with Gasteiger partial charge in [0.15, 0.2) is 0 Å². The van der Waals surface area contributed by atoms with Gasteiger partial charge in [-0.15, -0.1) is 0 Å². The van der Waals surface area contributed by atoms with Gasteiger partial charge in [-0.05, 0) is 49.4 Å². The van der Waals surface area contributed by atoms with Crippen LogP contribution in [-0.2, 0) is 0 Å². The molecule has 1 nitrogen and oxygen atoms in total. The smallest absolute Gasteiger partial charge is 0.123 e. The molecule has 0 radical (unpaired) electrons. The number of hydrogen-bond acceptors (Lipinski definition) is 1. The molecule has 1 fully saturated rings. The van der Waals surface area contributed by atoms with Crippen LogP contribution >= 0.6 is 0 Å². The molecule has 2 atom stereocenters. The Balaban J connectivity index is 1.88. The summed E-state index contributed by atoms with van der Waals surface area (Å²) in [6.07, 6.45) is 7.82. The molecule has 17 heavy (non-hydrogen) atoms. The van der Waals surface area contributed by atoms with E-state index in [-0.39, 0.29) is 5.82 Å². The first-order valence-electron chi connectivity index (χ1n) is 6.80. The lowest BCUT2D eigenvalue weighted by atomic mass is 9.98. The Hall–Kier alpha value is -1.05. The lowest BCUT2D eigenvalue weighted by molar-refractivity contribution is 0.444. The standard InChI is InChI=1S/C15H22FN/c1-2-12-4-3-5-14(9-6-12)17-15-10-7-13(16)8-11-15/h7-8,10-12,14,17H,2-6,9H2,1H3. The van der Waals surface area contributed by atoms with Crippen LogP contribution in [0.2, 0.25) is 0 Å². The van der Waals surface area contributed by atoms with Gasteiger partial charge >= 0.3 is 0 Å². The molecule has 1 aliphatic carbocycles. The van der Waals surface area contributed by atoms with Crippen molar-refractivity contribution in [3.8, 4) is 0 Å². The van der Waals surface area contributed by atoms with Gasteiger partial charge in [0.05, 0.1) is 0 Å². The van der Waals surface area contributed by atoms with E-state index < -0.39 is 0 Å². The van der Waals surface area contributed by atoms with Gasteiger partial charge < -0.3 is 5.32 Å². The summed E-state index contributed by atoms with van der Waals surface area (Å²) in [5.41, 5.74) is 1.05. The Bertz CT molecular complexity index is 333. The minimum absolute atomic E-state index is 0.164. The number of halogens is 1. The lowest BCUT2D eigenvalue weighted by Gasteiger charge is -2.18. The Labute approximate surface area is 103 Å². The maximum Gasteiger partial charge on any atom is 0.123 e. The topological polar surface area (TPSA) is 12.0 Å². The maximum atomic E-state index is 12.8. The molecule has 1 aromatic carbocycles. The quantitative estimate of drug-likeness (QED) is 0.755. The van der Waals surface area contributed by atoms with Crippen molar-refractivity contribution in [2.24, 2.45) is 5.92 Å². The highest BCUT2D eigenvalue weighted by Crippen LogP contribution is 2.27. The third-order valence-electron chi connectivity index (χ3n) is 3.88. The van der Waals surface area contributed by atoms with E-state index in [4.69, 9.17) is 0 Å². The van der Waals surface area contributed by atoms with Crippen molar-refractivity contribution >= 4 is 5.69 Å². The molecule has 1 saturated carbocycles. The fourth-order valence-corrected chi connectivity index (χ4v) is 2.71. The van der Waals surface area contributed by atoms with Gasteiger partial charge in [0.25, 0.3) is 0 Å². The van der Waals surface area contributed by atoms with E-state index in [1.807, 2.05) is 12.1 Å². The molecule has 0 bridgehead atoms. The fourth-order valence-electron chi connectivity index (χ4n) is 2.71. The van der Waals surface area contributed by atoms with Gasteiger partial charge in [0.2, 0.25) is 0 Å². The summed E-state index contributed by atoms with van der Waals surface area (Å²) in [5, 5.41) is 3.53. The van der Waals surface area contributed by atoms with Crippen LogP contribution in [-0.4, -0.2) is 6.04 Å². The first-order valence-corrected chi connectivity index (χ1v) is 6.80. The number of rotatable bonds is 3. The molecule has 2 heteroatoms. The third kappa shape index (κ3) is 3.72. The Morgan fingerprint density at radius 2 is 1.88 bits per heavy atom. The van der Waals surface area contributed by atoms with Crippen LogP contribution in [0.15, 0.2) is 24.3 Å². The molecule has 1 aliphatic rings. The molecule has 94 valence electrons. The van der Waals surface area contributed by atoms with Gasteiger partial charge in [0, 0.05) is 11.7 Å². The Kier molecular flexibility index (Phi) is 4.41. The van der Waals surface area contributed by atoms with Crippen molar-refractivity contribution in [3.05, 3.63) is 30.1 Å². The number of anilines is 1. The summed E-state index contributed by atoms with van der Waals surface area (Å²) < 4.78 is 12.8. The van der Waals surface area contributed by atoms with Crippen LogP contribution in [0.3, 0.4) is 0 Å². The molecular weight excluding hydrogens is 213 g/mol. The van der Waals surface area contributed by atoms with Gasteiger partial charge in [-0.25, -0.2) is 4.39 Å². The normalized spacial score (nSPS) is 25.3. The van der Waals surface area contributed by atoms with Crippen molar-refractivity contribution < 1.29 is 4.39 Å². The monoisotopic (exact) mass is 235 g/mol. The molecule has 0 aliphatic heterocycles. The largest absolute Gasteiger partial charge is 0.382 e. The molecule has 0 aromatic heterocycles. The van der Waals surface area contributed by atoms with Crippen molar-refractivity contribution in [3.63, 3.8) is 0 Å². The highest BCUT2D eigenvalue weighted by molar-refractivity contribution is 5.43. The summed E-state index contributed by atoms with van der Waals surface area (Å²) in [6, 6.07) is 7.27. The maximum absolute atomic E-state index is 12.8. The minimum atomic E-state index is -0.164. The van der Waals surface area contributed by atoms with Crippen LogP contribution in [0, 0.1) is 11.7 Å². The first-order chi connectivity index (χ1) is 8.28. The van der Waals surface area contributed by atoms with Crippen LogP contribution in [0.4, 0.5) is 10.1 Å². The Morgan fingerprint density at radius 3 is 2.59 bits per heavy atom. The van der Waals surface area contributed by atoms with Gasteiger partial charge in [-0.2, -0.15) is 0 Å². The predicted molar refractivity (Wildman–Crippen MR) is 70.7 cm³/mol. The van der Waals surface area contributed by atoms with Crippen molar-refractivity contribution in [1.82, 2.24) is 0 Å². The van der Waals surface area contributed by atoms with Crippen LogP contribution in [0.1, 0.15) is 45.4 Å². The van der Waals surface area contributed by atoms with E-state index in [1.165, 1.54) is 50.7 Å². The zero-order chi connectivity index (χ0) is 12.1. The fraction of sp³-hybridized carbons (Fsp3) is 0.600. The van der Waals surface area contributed by atoms with Crippen LogP contribution in [0.5, 0.6) is 0 Å². The Morgan fingerprint density at radius 1 is 1.12 bits per heavy atom. The summed E-state index contributed by atoms with van der Waals surface area (Å²) in [7, 11) is 0. The highest BCUT2D eigenvalue weighted by Gasteiger charge is 2.17. The zero-order valence-corrected chi connectivity index (χ0v) is 10.6.